The third kappa shape index (κ3) is 3.10. The first-order chi connectivity index (χ1) is 13.7. The predicted molar refractivity (Wildman–Crippen MR) is 112 cm³/mol. The lowest BCUT2D eigenvalue weighted by Crippen LogP contribution is -2.48. The summed E-state index contributed by atoms with van der Waals surface area (Å²) in [6.45, 7) is 2.75. The van der Waals surface area contributed by atoms with Gasteiger partial charge >= 0.3 is 0 Å². The van der Waals surface area contributed by atoms with Crippen LogP contribution < -0.4 is 4.90 Å². The summed E-state index contributed by atoms with van der Waals surface area (Å²) in [6.07, 6.45) is 0. The molecule has 4 aromatic rings. The summed E-state index contributed by atoms with van der Waals surface area (Å²) in [7, 11) is 0. The summed E-state index contributed by atoms with van der Waals surface area (Å²) in [4.78, 5) is 21.6. The van der Waals surface area contributed by atoms with Crippen molar-refractivity contribution in [2.75, 3.05) is 31.1 Å². The number of carbonyl (C=O) groups excluding carboxylic acids is 1. The van der Waals surface area contributed by atoms with Crippen LogP contribution in [0, 0.1) is 5.82 Å². The fraction of sp³-hybridized carbons (Fsp3) is 0.182. The number of fused-ring (bicyclic) bond motifs is 2. The number of benzene rings is 3. The predicted octanol–water partition coefficient (Wildman–Crippen LogP) is 4.55. The number of anilines is 1. The van der Waals surface area contributed by atoms with Gasteiger partial charge in [0.2, 0.25) is 0 Å². The van der Waals surface area contributed by atoms with E-state index >= 15 is 0 Å². The summed E-state index contributed by atoms with van der Waals surface area (Å²) < 4.78 is 14.3. The highest BCUT2D eigenvalue weighted by Gasteiger charge is 2.24. The minimum Gasteiger partial charge on any atom is -0.345 e. The van der Waals surface area contributed by atoms with Crippen LogP contribution in [0.2, 0.25) is 0 Å². The van der Waals surface area contributed by atoms with E-state index in [4.69, 9.17) is 0 Å². The first kappa shape index (κ1) is 17.1. The molecule has 0 aliphatic carbocycles. The molecule has 0 bridgehead atoms. The van der Waals surface area contributed by atoms with Crippen LogP contribution in [-0.4, -0.2) is 42.0 Å². The number of hydrogen-bond donors (Lipinski definition) is 0. The maximum absolute atomic E-state index is 13.4. The molecule has 1 aliphatic rings. The molecule has 0 unspecified atom stereocenters. The summed E-state index contributed by atoms with van der Waals surface area (Å²) in [5.74, 6) is -0.176. The zero-order valence-corrected chi connectivity index (χ0v) is 16.0. The van der Waals surface area contributed by atoms with Gasteiger partial charge in [-0.15, -0.1) is 0 Å². The number of nitrogens with zero attached hydrogens (tertiary/aromatic N) is 3. The Labute approximate surface area is 165 Å². The number of piperazine rings is 1. The quantitative estimate of drug-likeness (QED) is 0.503. The molecule has 0 atom stereocenters. The van der Waals surface area contributed by atoms with Gasteiger partial charge in [-0.3, -0.25) is 4.79 Å². The SMILES string of the molecule is O=C(c1ccc2ccccc2c1)N1CCN(c2nc3ccc(F)cc3s2)CC1. The number of carbonyl (C=O) groups is 1. The van der Waals surface area contributed by atoms with E-state index in [1.165, 1.54) is 23.5 Å². The summed E-state index contributed by atoms with van der Waals surface area (Å²) in [6, 6.07) is 18.6. The maximum Gasteiger partial charge on any atom is 0.253 e. The van der Waals surface area contributed by atoms with Crippen LogP contribution in [0.3, 0.4) is 0 Å². The highest BCUT2D eigenvalue weighted by molar-refractivity contribution is 7.22. The largest absolute Gasteiger partial charge is 0.345 e. The standard InChI is InChI=1S/C22H18FN3OS/c23-18-7-8-19-20(14-18)28-22(24-19)26-11-9-25(10-12-26)21(27)17-6-5-15-3-1-2-4-16(15)13-17/h1-8,13-14H,9-12H2. The lowest BCUT2D eigenvalue weighted by molar-refractivity contribution is 0.0747. The summed E-state index contributed by atoms with van der Waals surface area (Å²) in [5.41, 5.74) is 1.54. The fourth-order valence-corrected chi connectivity index (χ4v) is 4.67. The molecule has 28 heavy (non-hydrogen) atoms. The molecule has 140 valence electrons. The zero-order valence-electron chi connectivity index (χ0n) is 15.1. The van der Waals surface area contributed by atoms with E-state index in [-0.39, 0.29) is 11.7 Å². The van der Waals surface area contributed by atoms with Crippen LogP contribution in [0.15, 0.2) is 60.7 Å². The van der Waals surface area contributed by atoms with Gasteiger partial charge < -0.3 is 9.80 Å². The minimum absolute atomic E-state index is 0.0665. The monoisotopic (exact) mass is 391 g/mol. The Bertz CT molecular complexity index is 1180. The van der Waals surface area contributed by atoms with Crippen molar-refractivity contribution in [2.45, 2.75) is 0 Å². The van der Waals surface area contributed by atoms with Crippen molar-refractivity contribution < 1.29 is 9.18 Å². The molecule has 6 heteroatoms. The Hall–Kier alpha value is -2.99. The molecule has 1 saturated heterocycles. The molecule has 4 nitrogen and oxygen atoms in total. The molecule has 0 saturated carbocycles. The van der Waals surface area contributed by atoms with Gasteiger partial charge in [0.25, 0.3) is 5.91 Å². The molecular formula is C22H18FN3OS. The van der Waals surface area contributed by atoms with E-state index in [1.807, 2.05) is 47.4 Å². The second-order valence-electron chi connectivity index (χ2n) is 6.95. The Morgan fingerprint density at radius 3 is 2.54 bits per heavy atom. The van der Waals surface area contributed by atoms with Gasteiger partial charge in [0, 0.05) is 31.7 Å². The molecule has 2 heterocycles. The number of rotatable bonds is 2. The Morgan fingerprint density at radius 2 is 1.71 bits per heavy atom. The number of halogens is 1. The first-order valence-corrected chi connectivity index (χ1v) is 10.1. The highest BCUT2D eigenvalue weighted by Crippen LogP contribution is 2.30. The van der Waals surface area contributed by atoms with Crippen molar-refractivity contribution in [1.29, 1.82) is 0 Å². The molecule has 0 N–H and O–H groups in total. The van der Waals surface area contributed by atoms with Gasteiger partial charge in [0.15, 0.2) is 5.13 Å². The normalized spacial score (nSPS) is 14.8. The van der Waals surface area contributed by atoms with Gasteiger partial charge in [-0.1, -0.05) is 41.7 Å². The third-order valence-electron chi connectivity index (χ3n) is 5.17. The van der Waals surface area contributed by atoms with E-state index in [9.17, 15) is 9.18 Å². The molecule has 1 amide bonds. The average Bonchev–Trinajstić information content (AvgIpc) is 3.16. The average molecular weight is 391 g/mol. The van der Waals surface area contributed by atoms with E-state index in [0.717, 1.165) is 44.8 Å². The van der Waals surface area contributed by atoms with Crippen LogP contribution in [-0.2, 0) is 0 Å². The van der Waals surface area contributed by atoms with E-state index < -0.39 is 0 Å². The van der Waals surface area contributed by atoms with Crippen LogP contribution in [0.5, 0.6) is 0 Å². The number of aromatic nitrogens is 1. The minimum atomic E-state index is -0.242. The molecule has 1 fully saturated rings. The van der Waals surface area contributed by atoms with E-state index in [1.54, 1.807) is 6.07 Å². The van der Waals surface area contributed by atoms with E-state index in [2.05, 4.69) is 9.88 Å². The Morgan fingerprint density at radius 1 is 0.929 bits per heavy atom. The van der Waals surface area contributed by atoms with Crippen molar-refractivity contribution in [3.63, 3.8) is 0 Å². The van der Waals surface area contributed by atoms with Crippen molar-refractivity contribution in [3.8, 4) is 0 Å². The van der Waals surface area contributed by atoms with Gasteiger partial charge in [-0.25, -0.2) is 9.37 Å². The molecule has 3 aromatic carbocycles. The van der Waals surface area contributed by atoms with Crippen molar-refractivity contribution >= 4 is 43.4 Å². The van der Waals surface area contributed by atoms with Gasteiger partial charge in [0.05, 0.1) is 10.2 Å². The lowest BCUT2D eigenvalue weighted by Gasteiger charge is -2.34. The second-order valence-corrected chi connectivity index (χ2v) is 7.96. The maximum atomic E-state index is 13.4. The van der Waals surface area contributed by atoms with Gasteiger partial charge in [0.1, 0.15) is 5.82 Å². The highest BCUT2D eigenvalue weighted by atomic mass is 32.1. The Balaban J connectivity index is 1.30. The number of thiazole rings is 1. The van der Waals surface area contributed by atoms with Crippen molar-refractivity contribution in [3.05, 3.63) is 72.0 Å². The third-order valence-corrected chi connectivity index (χ3v) is 6.25. The van der Waals surface area contributed by atoms with Crippen LogP contribution in [0.1, 0.15) is 10.4 Å². The van der Waals surface area contributed by atoms with Crippen LogP contribution in [0.4, 0.5) is 9.52 Å². The topological polar surface area (TPSA) is 36.4 Å². The lowest BCUT2D eigenvalue weighted by atomic mass is 10.1. The summed E-state index contributed by atoms with van der Waals surface area (Å²) >= 11 is 1.50. The van der Waals surface area contributed by atoms with Crippen molar-refractivity contribution in [2.24, 2.45) is 0 Å². The number of hydrogen-bond acceptors (Lipinski definition) is 4. The molecule has 1 aromatic heterocycles. The summed E-state index contributed by atoms with van der Waals surface area (Å²) in [5, 5.41) is 3.10. The molecular weight excluding hydrogens is 373 g/mol. The zero-order chi connectivity index (χ0) is 19.1. The fourth-order valence-electron chi connectivity index (χ4n) is 3.63. The van der Waals surface area contributed by atoms with Crippen LogP contribution >= 0.6 is 11.3 Å². The molecule has 5 rings (SSSR count). The second kappa shape index (κ2) is 6.87. The van der Waals surface area contributed by atoms with Crippen LogP contribution in [0.25, 0.3) is 21.0 Å². The van der Waals surface area contributed by atoms with Crippen molar-refractivity contribution in [1.82, 2.24) is 9.88 Å². The first-order valence-electron chi connectivity index (χ1n) is 9.26. The Kier molecular flexibility index (Phi) is 4.20. The molecule has 1 aliphatic heterocycles. The van der Waals surface area contributed by atoms with Gasteiger partial charge in [-0.2, -0.15) is 0 Å². The van der Waals surface area contributed by atoms with E-state index in [0.29, 0.717) is 13.1 Å². The smallest absolute Gasteiger partial charge is 0.253 e. The molecule has 0 spiro atoms. The molecule has 0 radical (unpaired) electrons. The van der Waals surface area contributed by atoms with Gasteiger partial charge in [-0.05, 0) is 41.1 Å². The number of amides is 1.